The van der Waals surface area contributed by atoms with E-state index in [2.05, 4.69) is 48.5 Å². The first-order valence-electron chi connectivity index (χ1n) is 39.9. The van der Waals surface area contributed by atoms with Crippen LogP contribution in [0.4, 0.5) is 0 Å². The van der Waals surface area contributed by atoms with Gasteiger partial charge in [0, 0.05) is 25.7 Å². The number of unbranched alkanes of at least 4 members (excludes halogenated alkanes) is 42. The molecule has 0 fully saturated rings. The van der Waals surface area contributed by atoms with Crippen molar-refractivity contribution in [3.05, 3.63) is 0 Å². The summed E-state index contributed by atoms with van der Waals surface area (Å²) in [6, 6.07) is 0. The minimum absolute atomic E-state index is 0.106. The van der Waals surface area contributed by atoms with Gasteiger partial charge in [0.25, 0.3) is 0 Å². The van der Waals surface area contributed by atoms with Gasteiger partial charge in [-0.1, -0.05) is 344 Å². The minimum atomic E-state index is -4.96. The quantitative estimate of drug-likeness (QED) is 0.0222. The molecule has 0 rings (SSSR count). The van der Waals surface area contributed by atoms with Crippen molar-refractivity contribution in [3.8, 4) is 0 Å². The number of esters is 4. The van der Waals surface area contributed by atoms with Crippen LogP contribution >= 0.6 is 15.6 Å². The lowest BCUT2D eigenvalue weighted by Crippen LogP contribution is -2.30. The molecule has 3 unspecified atom stereocenters. The molecule has 0 aliphatic carbocycles. The predicted molar refractivity (Wildman–Crippen MR) is 391 cm³/mol. The first kappa shape index (κ1) is 94.1. The summed E-state index contributed by atoms with van der Waals surface area (Å²) >= 11 is 0. The highest BCUT2D eigenvalue weighted by atomic mass is 31.2. The maximum atomic E-state index is 13.1. The largest absolute Gasteiger partial charge is 0.472 e. The molecular weight excluding hydrogens is 1260 g/mol. The van der Waals surface area contributed by atoms with Crippen molar-refractivity contribution in [1.29, 1.82) is 0 Å². The molecular formula is C77H150O17P2. The van der Waals surface area contributed by atoms with Crippen molar-refractivity contribution in [2.75, 3.05) is 39.6 Å². The number of hydrogen-bond donors (Lipinski definition) is 3. The van der Waals surface area contributed by atoms with Crippen LogP contribution in [0.2, 0.25) is 0 Å². The number of ether oxygens (including phenoxy) is 4. The Morgan fingerprint density at radius 1 is 0.302 bits per heavy atom. The molecule has 0 saturated carbocycles. The maximum Gasteiger partial charge on any atom is 0.472 e. The fourth-order valence-electron chi connectivity index (χ4n) is 11.7. The molecule has 0 amide bonds. The first-order valence-corrected chi connectivity index (χ1v) is 42.9. The Bertz CT molecular complexity index is 1870. The van der Waals surface area contributed by atoms with Crippen LogP contribution in [-0.4, -0.2) is 96.7 Å². The number of hydrogen-bond acceptors (Lipinski definition) is 15. The smallest absolute Gasteiger partial charge is 0.462 e. The third kappa shape index (κ3) is 69.2. The average molecular weight is 1410 g/mol. The van der Waals surface area contributed by atoms with Gasteiger partial charge in [0.15, 0.2) is 12.2 Å². The Morgan fingerprint density at radius 2 is 0.531 bits per heavy atom. The van der Waals surface area contributed by atoms with Crippen molar-refractivity contribution >= 4 is 39.5 Å². The Hall–Kier alpha value is -1.94. The monoisotopic (exact) mass is 1410 g/mol. The van der Waals surface area contributed by atoms with Gasteiger partial charge in [-0.15, -0.1) is 0 Å². The van der Waals surface area contributed by atoms with Crippen LogP contribution in [0.1, 0.15) is 395 Å². The average Bonchev–Trinajstić information content (AvgIpc) is 2.16. The summed E-state index contributed by atoms with van der Waals surface area (Å²) < 4.78 is 68.5. The zero-order chi connectivity index (χ0) is 70.9. The first-order chi connectivity index (χ1) is 46.3. The summed E-state index contributed by atoms with van der Waals surface area (Å²) in [6.45, 7) is 11.9. The molecule has 0 radical (unpaired) electrons. The van der Waals surface area contributed by atoms with Crippen LogP contribution in [-0.2, 0) is 65.4 Å². The van der Waals surface area contributed by atoms with E-state index < -0.39 is 97.5 Å². The fourth-order valence-corrected chi connectivity index (χ4v) is 13.3. The van der Waals surface area contributed by atoms with Gasteiger partial charge < -0.3 is 33.8 Å². The second kappa shape index (κ2) is 67.5. The molecule has 0 aromatic rings. The highest BCUT2D eigenvalue weighted by Crippen LogP contribution is 2.45. The number of carbonyl (C=O) groups excluding carboxylic acids is 4. The van der Waals surface area contributed by atoms with Crippen molar-refractivity contribution in [2.24, 2.45) is 17.8 Å². The molecule has 96 heavy (non-hydrogen) atoms. The van der Waals surface area contributed by atoms with Gasteiger partial charge in [-0.05, 0) is 43.4 Å². The van der Waals surface area contributed by atoms with Gasteiger partial charge in [0.2, 0.25) is 0 Å². The van der Waals surface area contributed by atoms with Gasteiger partial charge >= 0.3 is 39.5 Å². The van der Waals surface area contributed by atoms with Crippen molar-refractivity contribution < 1.29 is 80.2 Å². The zero-order valence-corrected chi connectivity index (χ0v) is 64.6. The maximum absolute atomic E-state index is 13.1. The van der Waals surface area contributed by atoms with Gasteiger partial charge in [0.1, 0.15) is 19.3 Å². The van der Waals surface area contributed by atoms with E-state index in [9.17, 15) is 43.2 Å². The van der Waals surface area contributed by atoms with Crippen LogP contribution < -0.4 is 0 Å². The third-order valence-electron chi connectivity index (χ3n) is 18.2. The Labute approximate surface area is 588 Å². The van der Waals surface area contributed by atoms with Crippen LogP contribution in [0.25, 0.3) is 0 Å². The molecule has 0 bridgehead atoms. The molecule has 570 valence electrons. The fraction of sp³-hybridized carbons (Fsp3) is 0.948. The van der Waals surface area contributed by atoms with E-state index in [0.29, 0.717) is 25.7 Å². The summed E-state index contributed by atoms with van der Waals surface area (Å²) in [6.07, 6.45) is 54.1. The number of carbonyl (C=O) groups is 4. The van der Waals surface area contributed by atoms with Crippen molar-refractivity contribution in [1.82, 2.24) is 0 Å². The Balaban J connectivity index is 5.22. The van der Waals surface area contributed by atoms with Crippen LogP contribution in [0.5, 0.6) is 0 Å². The minimum Gasteiger partial charge on any atom is -0.462 e. The van der Waals surface area contributed by atoms with Crippen LogP contribution in [0.3, 0.4) is 0 Å². The molecule has 0 aliphatic rings. The number of aliphatic hydroxyl groups excluding tert-OH is 1. The lowest BCUT2D eigenvalue weighted by atomic mass is 9.99. The standard InChI is InChI=1S/C77H150O17P2/c1-8-10-11-12-13-37-44-51-58-74(79)87-64-72(93-77(82)61-54-47-40-33-27-26-30-36-43-50-57-70(7)9-2)66-91-95(83,84)89-62-71(78)63-90-96(85,86)92-67-73(65-88-75(80)59-52-45-38-31-24-21-20-23-29-35-42-49-56-69(5)6)94-76(81)60-53-46-39-32-25-19-17-15-14-16-18-22-28-34-41-48-55-68(3)4/h68-73,78H,8-67H2,1-7H3,(H,83,84)(H,85,86)/t70?,71-,72+,73+/m0/s1. The highest BCUT2D eigenvalue weighted by Gasteiger charge is 2.30. The molecule has 6 atom stereocenters. The summed E-state index contributed by atoms with van der Waals surface area (Å²) in [5, 5.41) is 10.6. The SMILES string of the molecule is CCCCCCCCCCC(=O)OC[C@H](COP(=O)(O)OC[C@H](O)COP(=O)(O)OC[C@@H](COC(=O)CCCCCCCCCCCCCCC(C)C)OC(=O)CCCCCCCCCCCCCCCCCCC(C)C)OC(=O)CCCCCCCCCCCCC(C)CC. The van der Waals surface area contributed by atoms with E-state index in [-0.39, 0.29) is 25.7 Å². The van der Waals surface area contributed by atoms with Crippen LogP contribution in [0.15, 0.2) is 0 Å². The van der Waals surface area contributed by atoms with Gasteiger partial charge in [-0.25, -0.2) is 9.13 Å². The molecule has 0 aromatic heterocycles. The van der Waals surface area contributed by atoms with E-state index in [1.165, 1.54) is 199 Å². The Kier molecular flexibility index (Phi) is 66.2. The van der Waals surface area contributed by atoms with Crippen molar-refractivity contribution in [2.45, 2.75) is 414 Å². The van der Waals surface area contributed by atoms with Gasteiger partial charge in [-0.2, -0.15) is 0 Å². The molecule has 17 nitrogen and oxygen atoms in total. The van der Waals surface area contributed by atoms with Crippen LogP contribution in [0, 0.1) is 17.8 Å². The number of rotatable bonds is 75. The topological polar surface area (TPSA) is 237 Å². The number of phosphoric ester groups is 2. The van der Waals surface area contributed by atoms with E-state index in [1.54, 1.807) is 0 Å². The van der Waals surface area contributed by atoms with Crippen molar-refractivity contribution in [3.63, 3.8) is 0 Å². The summed E-state index contributed by atoms with van der Waals surface area (Å²) in [7, 11) is -9.91. The second-order valence-electron chi connectivity index (χ2n) is 28.9. The van der Waals surface area contributed by atoms with E-state index in [1.807, 2.05) is 0 Å². The summed E-state index contributed by atoms with van der Waals surface area (Å²) in [5.74, 6) is 0.276. The highest BCUT2D eigenvalue weighted by molar-refractivity contribution is 7.47. The molecule has 0 aromatic carbocycles. The summed E-state index contributed by atoms with van der Waals surface area (Å²) in [5.41, 5.74) is 0. The second-order valence-corrected chi connectivity index (χ2v) is 31.8. The van der Waals surface area contributed by atoms with Gasteiger partial charge in [0.05, 0.1) is 26.4 Å². The zero-order valence-electron chi connectivity index (χ0n) is 62.8. The molecule has 0 heterocycles. The van der Waals surface area contributed by atoms with Gasteiger partial charge in [-0.3, -0.25) is 37.3 Å². The molecule has 3 N–H and O–H groups in total. The Morgan fingerprint density at radius 3 is 0.792 bits per heavy atom. The molecule has 19 heteroatoms. The molecule has 0 aliphatic heterocycles. The third-order valence-corrected chi connectivity index (χ3v) is 20.1. The van der Waals surface area contributed by atoms with E-state index in [4.69, 9.17) is 37.0 Å². The summed E-state index contributed by atoms with van der Waals surface area (Å²) in [4.78, 5) is 72.8. The predicted octanol–water partition coefficient (Wildman–Crippen LogP) is 22.6. The van der Waals surface area contributed by atoms with E-state index in [0.717, 1.165) is 114 Å². The number of aliphatic hydroxyl groups is 1. The molecule has 0 spiro atoms. The molecule has 0 saturated heterocycles. The lowest BCUT2D eigenvalue weighted by Gasteiger charge is -2.21. The lowest BCUT2D eigenvalue weighted by molar-refractivity contribution is -0.161. The van der Waals surface area contributed by atoms with E-state index >= 15 is 0 Å². The normalized spacial score (nSPS) is 14.3. The number of phosphoric acid groups is 2.